The van der Waals surface area contributed by atoms with Crippen molar-refractivity contribution < 1.29 is 23.9 Å². The first-order chi connectivity index (χ1) is 15.3. The van der Waals surface area contributed by atoms with Crippen molar-refractivity contribution in [1.29, 1.82) is 0 Å². The lowest BCUT2D eigenvalue weighted by Gasteiger charge is -2.20. The third-order valence-electron chi connectivity index (χ3n) is 4.59. The summed E-state index contributed by atoms with van der Waals surface area (Å²) in [6.07, 6.45) is 1.56. The number of esters is 1. The molecular formula is C23H21ClN2O5S. The second kappa shape index (κ2) is 10.5. The quantitative estimate of drug-likeness (QED) is 0.451. The summed E-state index contributed by atoms with van der Waals surface area (Å²) < 4.78 is 4.92. The molecule has 1 fully saturated rings. The fraction of sp³-hybridized carbons (Fsp3) is 0.217. The molecule has 1 heterocycles. The number of rotatable bonds is 7. The molecule has 0 bridgehead atoms. The molecule has 1 aliphatic rings. The number of imide groups is 1. The average molecular weight is 473 g/mol. The van der Waals surface area contributed by atoms with Gasteiger partial charge in [-0.2, -0.15) is 0 Å². The maximum absolute atomic E-state index is 12.7. The van der Waals surface area contributed by atoms with Crippen molar-refractivity contribution >= 4 is 58.1 Å². The van der Waals surface area contributed by atoms with E-state index in [2.05, 4.69) is 5.32 Å². The number of carbonyl (C=O) groups excluding carboxylic acids is 4. The van der Waals surface area contributed by atoms with Crippen LogP contribution in [0.4, 0.5) is 10.5 Å². The standard InChI is InChI=1S/C23H21ClN2O5S/c1-3-31-22(29)16-6-10-18(11-7-16)25-20(27)12-14(2)26-21(28)19(32-23(26)30)13-15-4-8-17(24)9-5-15/h4-11,13-14H,3,12H2,1-2H3,(H,25,27). The lowest BCUT2D eigenvalue weighted by Crippen LogP contribution is -2.39. The Morgan fingerprint density at radius 2 is 1.78 bits per heavy atom. The molecule has 0 saturated carbocycles. The molecule has 9 heteroatoms. The topological polar surface area (TPSA) is 92.8 Å². The summed E-state index contributed by atoms with van der Waals surface area (Å²) >= 11 is 6.71. The van der Waals surface area contributed by atoms with E-state index >= 15 is 0 Å². The Labute approximate surface area is 194 Å². The summed E-state index contributed by atoms with van der Waals surface area (Å²) in [6, 6.07) is 12.5. The summed E-state index contributed by atoms with van der Waals surface area (Å²) in [5.41, 5.74) is 1.62. The lowest BCUT2D eigenvalue weighted by atomic mass is 10.1. The summed E-state index contributed by atoms with van der Waals surface area (Å²) in [5, 5.41) is 2.86. The first-order valence-electron chi connectivity index (χ1n) is 9.88. The molecule has 32 heavy (non-hydrogen) atoms. The zero-order valence-electron chi connectivity index (χ0n) is 17.5. The number of nitrogens with zero attached hydrogens (tertiary/aromatic N) is 1. The summed E-state index contributed by atoms with van der Waals surface area (Å²) in [4.78, 5) is 50.7. The monoisotopic (exact) mass is 472 g/mol. The predicted octanol–water partition coefficient (Wildman–Crippen LogP) is 4.97. The highest BCUT2D eigenvalue weighted by Crippen LogP contribution is 2.34. The zero-order valence-corrected chi connectivity index (χ0v) is 19.0. The second-order valence-electron chi connectivity index (χ2n) is 7.00. The Kier molecular flexibility index (Phi) is 7.71. The number of hydrogen-bond acceptors (Lipinski definition) is 6. The fourth-order valence-corrected chi connectivity index (χ4v) is 4.10. The number of thioether (sulfide) groups is 1. The molecule has 3 rings (SSSR count). The number of benzene rings is 2. The molecule has 1 atom stereocenters. The van der Waals surface area contributed by atoms with E-state index in [0.29, 0.717) is 21.2 Å². The third kappa shape index (κ3) is 5.77. The zero-order chi connectivity index (χ0) is 23.3. The first kappa shape index (κ1) is 23.6. The van der Waals surface area contributed by atoms with Gasteiger partial charge in [-0.15, -0.1) is 0 Å². The number of ether oxygens (including phenoxy) is 1. The molecule has 3 amide bonds. The van der Waals surface area contributed by atoms with Crippen LogP contribution in [-0.4, -0.2) is 40.6 Å². The number of halogens is 1. The van der Waals surface area contributed by atoms with Gasteiger partial charge in [-0.05, 0) is 73.6 Å². The second-order valence-corrected chi connectivity index (χ2v) is 8.43. The smallest absolute Gasteiger partial charge is 0.338 e. The van der Waals surface area contributed by atoms with Crippen molar-refractivity contribution in [3.05, 3.63) is 69.6 Å². The van der Waals surface area contributed by atoms with Crippen LogP contribution in [0, 0.1) is 0 Å². The summed E-state index contributed by atoms with van der Waals surface area (Å²) in [7, 11) is 0. The number of nitrogens with one attached hydrogen (secondary N) is 1. The van der Waals surface area contributed by atoms with E-state index in [9.17, 15) is 19.2 Å². The number of amides is 3. The van der Waals surface area contributed by atoms with Gasteiger partial charge in [0.25, 0.3) is 11.1 Å². The minimum absolute atomic E-state index is 0.0636. The molecule has 0 aliphatic carbocycles. The van der Waals surface area contributed by atoms with Crippen LogP contribution in [0.2, 0.25) is 5.02 Å². The number of carbonyl (C=O) groups is 4. The molecule has 166 valence electrons. The SMILES string of the molecule is CCOC(=O)c1ccc(NC(=O)CC(C)N2C(=O)SC(=Cc3ccc(Cl)cc3)C2=O)cc1. The Morgan fingerprint density at radius 3 is 2.41 bits per heavy atom. The Balaban J connectivity index is 1.61. The first-order valence-corrected chi connectivity index (χ1v) is 11.1. The van der Waals surface area contributed by atoms with Crippen molar-refractivity contribution in [2.75, 3.05) is 11.9 Å². The third-order valence-corrected chi connectivity index (χ3v) is 5.73. The van der Waals surface area contributed by atoms with Gasteiger partial charge in [0.15, 0.2) is 0 Å². The normalized spacial score (nSPS) is 15.7. The van der Waals surface area contributed by atoms with Crippen LogP contribution in [0.25, 0.3) is 6.08 Å². The van der Waals surface area contributed by atoms with Crippen molar-refractivity contribution in [3.63, 3.8) is 0 Å². The van der Waals surface area contributed by atoms with Gasteiger partial charge >= 0.3 is 5.97 Å². The Hall–Kier alpha value is -3.10. The Morgan fingerprint density at radius 1 is 1.12 bits per heavy atom. The van der Waals surface area contributed by atoms with Crippen LogP contribution in [-0.2, 0) is 14.3 Å². The van der Waals surface area contributed by atoms with Crippen molar-refractivity contribution in [3.8, 4) is 0 Å². The van der Waals surface area contributed by atoms with E-state index in [0.717, 1.165) is 22.2 Å². The van der Waals surface area contributed by atoms with E-state index < -0.39 is 23.2 Å². The van der Waals surface area contributed by atoms with Gasteiger partial charge in [-0.25, -0.2) is 4.79 Å². The van der Waals surface area contributed by atoms with Crippen LogP contribution in [0.3, 0.4) is 0 Å². The number of hydrogen-bond donors (Lipinski definition) is 1. The lowest BCUT2D eigenvalue weighted by molar-refractivity contribution is -0.125. The van der Waals surface area contributed by atoms with E-state index in [1.807, 2.05) is 0 Å². The molecule has 1 aliphatic heterocycles. The van der Waals surface area contributed by atoms with Gasteiger partial charge in [-0.1, -0.05) is 23.7 Å². The van der Waals surface area contributed by atoms with Crippen LogP contribution in [0.5, 0.6) is 0 Å². The van der Waals surface area contributed by atoms with Gasteiger partial charge < -0.3 is 10.1 Å². The highest BCUT2D eigenvalue weighted by atomic mass is 35.5. The summed E-state index contributed by atoms with van der Waals surface area (Å²) in [6.45, 7) is 3.64. The van der Waals surface area contributed by atoms with E-state index in [-0.39, 0.29) is 18.9 Å². The highest BCUT2D eigenvalue weighted by molar-refractivity contribution is 8.18. The molecular weight excluding hydrogens is 452 g/mol. The largest absolute Gasteiger partial charge is 0.462 e. The van der Waals surface area contributed by atoms with Crippen molar-refractivity contribution in [2.24, 2.45) is 0 Å². The maximum Gasteiger partial charge on any atom is 0.338 e. The minimum Gasteiger partial charge on any atom is -0.462 e. The van der Waals surface area contributed by atoms with Crippen LogP contribution < -0.4 is 5.32 Å². The van der Waals surface area contributed by atoms with Crippen molar-refractivity contribution in [2.45, 2.75) is 26.3 Å². The molecule has 0 spiro atoms. The van der Waals surface area contributed by atoms with Gasteiger partial charge in [-0.3, -0.25) is 19.3 Å². The predicted molar refractivity (Wildman–Crippen MR) is 124 cm³/mol. The van der Waals surface area contributed by atoms with Gasteiger partial charge in [0, 0.05) is 23.2 Å². The molecule has 1 saturated heterocycles. The van der Waals surface area contributed by atoms with Crippen LogP contribution in [0.15, 0.2) is 53.4 Å². The van der Waals surface area contributed by atoms with Crippen molar-refractivity contribution in [1.82, 2.24) is 4.90 Å². The van der Waals surface area contributed by atoms with E-state index in [1.165, 1.54) is 0 Å². The molecule has 2 aromatic carbocycles. The molecule has 0 aromatic heterocycles. The highest BCUT2D eigenvalue weighted by Gasteiger charge is 2.38. The van der Waals surface area contributed by atoms with Gasteiger partial charge in [0.05, 0.1) is 17.1 Å². The average Bonchev–Trinajstić information content (AvgIpc) is 3.03. The van der Waals surface area contributed by atoms with Crippen LogP contribution >= 0.6 is 23.4 Å². The Bertz CT molecular complexity index is 1070. The maximum atomic E-state index is 12.7. The fourth-order valence-electron chi connectivity index (χ4n) is 3.05. The van der Waals surface area contributed by atoms with Gasteiger partial charge in [0.2, 0.25) is 5.91 Å². The molecule has 1 unspecified atom stereocenters. The van der Waals surface area contributed by atoms with Crippen LogP contribution in [0.1, 0.15) is 36.2 Å². The van der Waals surface area contributed by atoms with E-state index in [4.69, 9.17) is 16.3 Å². The summed E-state index contributed by atoms with van der Waals surface area (Å²) in [5.74, 6) is -1.24. The minimum atomic E-state index is -0.627. The number of anilines is 1. The molecule has 7 nitrogen and oxygen atoms in total. The van der Waals surface area contributed by atoms with E-state index in [1.54, 1.807) is 68.5 Å². The molecule has 2 aromatic rings. The molecule has 1 N–H and O–H groups in total. The van der Waals surface area contributed by atoms with Gasteiger partial charge in [0.1, 0.15) is 0 Å². The molecule has 0 radical (unpaired) electrons.